The van der Waals surface area contributed by atoms with Crippen LogP contribution in [0.1, 0.15) is 37.3 Å². The minimum absolute atomic E-state index is 0.00348. The summed E-state index contributed by atoms with van der Waals surface area (Å²) in [5, 5.41) is 10.7. The molecule has 1 aromatic carbocycles. The number of rotatable bonds is 4. The van der Waals surface area contributed by atoms with Gasteiger partial charge in [-0.25, -0.2) is 13.8 Å². The van der Waals surface area contributed by atoms with Gasteiger partial charge in [-0.05, 0) is 48.4 Å². The van der Waals surface area contributed by atoms with Crippen LogP contribution < -0.4 is 0 Å². The van der Waals surface area contributed by atoms with Crippen molar-refractivity contribution in [2.45, 2.75) is 38.3 Å². The fraction of sp³-hybridized carbons (Fsp3) is 0.364. The van der Waals surface area contributed by atoms with Crippen LogP contribution in [0.2, 0.25) is 0 Å². The molecule has 1 aliphatic heterocycles. The van der Waals surface area contributed by atoms with Gasteiger partial charge in [0.2, 0.25) is 5.91 Å². The summed E-state index contributed by atoms with van der Waals surface area (Å²) in [6, 6.07) is 6.11. The Morgan fingerprint density at radius 1 is 1.17 bits per heavy atom. The molecule has 0 radical (unpaired) electrons. The Kier molecular flexibility index (Phi) is 3.50. The number of hydrogen-bond donors (Lipinski definition) is 0. The van der Waals surface area contributed by atoms with Gasteiger partial charge in [0.15, 0.2) is 0 Å². The fourth-order valence-electron chi connectivity index (χ4n) is 5.64. The highest BCUT2D eigenvalue weighted by molar-refractivity contribution is 5.88. The lowest BCUT2D eigenvalue weighted by Crippen LogP contribution is -2.68. The van der Waals surface area contributed by atoms with E-state index in [1.165, 1.54) is 17.1 Å². The molecule has 1 atom stereocenters. The molecule has 7 rings (SSSR count). The third kappa shape index (κ3) is 2.39. The Bertz CT molecular complexity index is 1200. The monoisotopic (exact) mass is 407 g/mol. The van der Waals surface area contributed by atoms with E-state index in [9.17, 15) is 13.6 Å². The maximum Gasteiger partial charge on any atom is 0.249 e. The Morgan fingerprint density at radius 3 is 2.80 bits per heavy atom. The van der Waals surface area contributed by atoms with Gasteiger partial charge in [0.25, 0.3) is 0 Å². The van der Waals surface area contributed by atoms with Crippen LogP contribution in [0, 0.1) is 22.5 Å². The molecular formula is C22H19F2N5O. The van der Waals surface area contributed by atoms with Crippen LogP contribution >= 0.6 is 0 Å². The minimum atomic E-state index is -0.417. The summed E-state index contributed by atoms with van der Waals surface area (Å²) in [4.78, 5) is 17.2. The lowest BCUT2D eigenvalue weighted by Gasteiger charge is -2.69. The van der Waals surface area contributed by atoms with E-state index in [1.807, 2.05) is 10.7 Å². The SMILES string of the molecule is O=C(N1N=CCC1c1cncc(F)c1)C12CC(Cn3ncc4c(F)cccc43)(C1)C2. The maximum absolute atomic E-state index is 13.9. The summed E-state index contributed by atoms with van der Waals surface area (Å²) in [5.41, 5.74) is 1.07. The highest BCUT2D eigenvalue weighted by atomic mass is 19.1. The van der Waals surface area contributed by atoms with Crippen LogP contribution in [0.3, 0.4) is 0 Å². The van der Waals surface area contributed by atoms with Crippen LogP contribution in [0.5, 0.6) is 0 Å². The molecule has 8 heteroatoms. The smallest absolute Gasteiger partial charge is 0.249 e. The second-order valence-corrected chi connectivity index (χ2v) is 8.92. The third-order valence-corrected chi connectivity index (χ3v) is 6.86. The zero-order chi connectivity index (χ0) is 20.5. The average Bonchev–Trinajstić information content (AvgIpc) is 3.31. The van der Waals surface area contributed by atoms with Crippen LogP contribution in [0.25, 0.3) is 10.9 Å². The van der Waals surface area contributed by atoms with E-state index in [0.29, 0.717) is 23.9 Å². The molecule has 0 spiro atoms. The van der Waals surface area contributed by atoms with Gasteiger partial charge in [-0.15, -0.1) is 0 Å². The van der Waals surface area contributed by atoms with Gasteiger partial charge in [-0.1, -0.05) is 6.07 Å². The molecule has 4 aliphatic rings. The quantitative estimate of drug-likeness (QED) is 0.660. The second-order valence-electron chi connectivity index (χ2n) is 8.92. The van der Waals surface area contributed by atoms with Crippen LogP contribution in [0.15, 0.2) is 48.0 Å². The van der Waals surface area contributed by atoms with Crippen molar-refractivity contribution in [2.24, 2.45) is 15.9 Å². The molecule has 0 saturated heterocycles. The Morgan fingerprint density at radius 2 is 2.00 bits per heavy atom. The number of hydrogen-bond acceptors (Lipinski definition) is 4. The molecule has 30 heavy (non-hydrogen) atoms. The summed E-state index contributed by atoms with van der Waals surface area (Å²) in [6.45, 7) is 0.676. The van der Waals surface area contributed by atoms with Crippen LogP contribution in [-0.2, 0) is 11.3 Å². The standard InChI is InChI=1S/C22H19F2N5O/c23-15-6-14(7-25-8-15)18-4-5-26-29(18)20(30)22-10-21(11-22,12-22)13-28-19-3-1-2-17(24)16(19)9-27-28/h1-3,5-9,18H,4,10-13H2. The van der Waals surface area contributed by atoms with Crippen molar-refractivity contribution in [1.29, 1.82) is 0 Å². The first-order valence-corrected chi connectivity index (χ1v) is 10.1. The van der Waals surface area contributed by atoms with Crippen LogP contribution in [0.4, 0.5) is 8.78 Å². The number of aromatic nitrogens is 3. The number of carbonyl (C=O) groups excluding carboxylic acids is 1. The normalized spacial score (nSPS) is 29.1. The first-order valence-electron chi connectivity index (χ1n) is 10.1. The van der Waals surface area contributed by atoms with E-state index in [-0.39, 0.29) is 23.2 Å². The number of carbonyl (C=O) groups is 1. The number of fused-ring (bicyclic) bond motifs is 1. The molecule has 3 fully saturated rings. The lowest BCUT2D eigenvalue weighted by atomic mass is 9.34. The molecule has 3 heterocycles. The van der Waals surface area contributed by atoms with E-state index in [2.05, 4.69) is 15.2 Å². The van der Waals surface area contributed by atoms with E-state index < -0.39 is 11.2 Å². The number of amides is 1. The number of benzene rings is 1. The number of halogens is 2. The second kappa shape index (κ2) is 5.93. The molecule has 6 nitrogen and oxygen atoms in total. The van der Waals surface area contributed by atoms with Crippen molar-refractivity contribution < 1.29 is 13.6 Å². The molecule has 3 aliphatic carbocycles. The summed E-state index contributed by atoms with van der Waals surface area (Å²) in [6.07, 6.45) is 8.89. The molecule has 1 amide bonds. The fourth-order valence-corrected chi connectivity index (χ4v) is 5.64. The number of nitrogens with zero attached hydrogens (tertiary/aromatic N) is 5. The Labute approximate surface area is 171 Å². The number of pyridine rings is 1. The van der Waals surface area contributed by atoms with Gasteiger partial charge in [0, 0.05) is 25.4 Å². The maximum atomic E-state index is 13.9. The van der Waals surface area contributed by atoms with Gasteiger partial charge in [-0.2, -0.15) is 10.2 Å². The summed E-state index contributed by atoms with van der Waals surface area (Å²) >= 11 is 0. The van der Waals surface area contributed by atoms with Gasteiger partial charge in [0.05, 0.1) is 34.8 Å². The molecule has 2 bridgehead atoms. The van der Waals surface area contributed by atoms with E-state index in [4.69, 9.17) is 0 Å². The molecule has 0 N–H and O–H groups in total. The predicted molar refractivity (Wildman–Crippen MR) is 105 cm³/mol. The first-order chi connectivity index (χ1) is 14.5. The number of hydrazone groups is 1. The summed E-state index contributed by atoms with van der Waals surface area (Å²) in [7, 11) is 0. The van der Waals surface area contributed by atoms with E-state index in [1.54, 1.807) is 24.7 Å². The molecule has 3 saturated carbocycles. The van der Waals surface area contributed by atoms with Crippen molar-refractivity contribution in [1.82, 2.24) is 19.8 Å². The molecule has 1 unspecified atom stereocenters. The molecule has 3 aromatic rings. The Balaban J connectivity index is 1.18. The highest BCUT2D eigenvalue weighted by Gasteiger charge is 2.72. The lowest BCUT2D eigenvalue weighted by molar-refractivity contribution is -0.223. The van der Waals surface area contributed by atoms with Crippen molar-refractivity contribution in [3.05, 3.63) is 60.1 Å². The Hall–Kier alpha value is -3.16. The van der Waals surface area contributed by atoms with Gasteiger partial charge in [0.1, 0.15) is 11.6 Å². The first kappa shape index (κ1) is 17.7. The third-order valence-electron chi connectivity index (χ3n) is 6.86. The van der Waals surface area contributed by atoms with E-state index in [0.717, 1.165) is 31.0 Å². The predicted octanol–water partition coefficient (Wildman–Crippen LogP) is 3.84. The minimum Gasteiger partial charge on any atom is -0.272 e. The van der Waals surface area contributed by atoms with Gasteiger partial charge >= 0.3 is 0 Å². The molecular weight excluding hydrogens is 388 g/mol. The van der Waals surface area contributed by atoms with Crippen molar-refractivity contribution in [3.8, 4) is 0 Å². The van der Waals surface area contributed by atoms with Gasteiger partial charge < -0.3 is 0 Å². The largest absolute Gasteiger partial charge is 0.272 e. The highest BCUT2D eigenvalue weighted by Crippen LogP contribution is 2.74. The topological polar surface area (TPSA) is 63.4 Å². The molecule has 2 aromatic heterocycles. The van der Waals surface area contributed by atoms with Crippen molar-refractivity contribution >= 4 is 23.0 Å². The van der Waals surface area contributed by atoms with Crippen molar-refractivity contribution in [3.63, 3.8) is 0 Å². The molecule has 152 valence electrons. The summed E-state index contributed by atoms with van der Waals surface area (Å²) in [5.74, 6) is -0.685. The van der Waals surface area contributed by atoms with Gasteiger partial charge in [-0.3, -0.25) is 14.5 Å². The zero-order valence-corrected chi connectivity index (χ0v) is 16.1. The van der Waals surface area contributed by atoms with E-state index >= 15 is 0 Å². The van der Waals surface area contributed by atoms with Crippen molar-refractivity contribution in [2.75, 3.05) is 0 Å². The zero-order valence-electron chi connectivity index (χ0n) is 16.1. The summed E-state index contributed by atoms with van der Waals surface area (Å²) < 4.78 is 29.4. The average molecular weight is 407 g/mol. The van der Waals surface area contributed by atoms with Crippen LogP contribution in [-0.4, -0.2) is 31.9 Å².